The van der Waals surface area contributed by atoms with Crippen molar-refractivity contribution in [1.29, 1.82) is 0 Å². The molecule has 0 amide bonds. The fourth-order valence-electron chi connectivity index (χ4n) is 5.50. The number of benzene rings is 2. The molecule has 5 rings (SSSR count). The molecular formula is C41H58MgN3O2+. The summed E-state index contributed by atoms with van der Waals surface area (Å²) in [7, 11) is 0. The van der Waals surface area contributed by atoms with Gasteiger partial charge in [0.25, 0.3) is 0 Å². The zero-order chi connectivity index (χ0) is 33.6. The fourth-order valence-corrected chi connectivity index (χ4v) is 5.50. The molecule has 5 nitrogen and oxygen atoms in total. The molecule has 0 bridgehead atoms. The summed E-state index contributed by atoms with van der Waals surface area (Å²) in [6, 6.07) is 19.0. The van der Waals surface area contributed by atoms with Gasteiger partial charge < -0.3 is 20.1 Å². The first kappa shape index (κ1) is 40.5. The molecule has 0 atom stereocenters. The van der Waals surface area contributed by atoms with Crippen LogP contribution in [-0.2, 0) is 9.47 Å². The van der Waals surface area contributed by atoms with Gasteiger partial charge in [0.15, 0.2) is 11.4 Å². The van der Waals surface area contributed by atoms with Gasteiger partial charge in [-0.05, 0) is 55.4 Å². The van der Waals surface area contributed by atoms with Crippen LogP contribution in [0.15, 0.2) is 67.8 Å². The number of ether oxygens (including phenoxy) is 2. The zero-order valence-corrected chi connectivity index (χ0v) is 31.9. The molecule has 3 heterocycles. The maximum atomic E-state index is 5.04. The number of hydrogen-bond acceptors (Lipinski definition) is 2. The van der Waals surface area contributed by atoms with Crippen molar-refractivity contribution < 1.29 is 14.5 Å². The first-order valence-electron chi connectivity index (χ1n) is 17.3. The van der Waals surface area contributed by atoms with Crippen LogP contribution in [0, 0.1) is 0 Å². The number of nitrogens with zero attached hydrogens (tertiary/aromatic N) is 2. The molecule has 47 heavy (non-hydrogen) atoms. The van der Waals surface area contributed by atoms with Crippen molar-refractivity contribution in [3.05, 3.63) is 112 Å². The van der Waals surface area contributed by atoms with Gasteiger partial charge in [-0.15, -0.1) is 24.5 Å². The van der Waals surface area contributed by atoms with Gasteiger partial charge in [-0.2, -0.15) is 0 Å². The predicted molar refractivity (Wildman–Crippen MR) is 202 cm³/mol. The van der Waals surface area contributed by atoms with Crippen molar-refractivity contribution in [3.8, 4) is 0 Å². The molecule has 2 saturated heterocycles. The first-order chi connectivity index (χ1) is 22.0. The summed E-state index contributed by atoms with van der Waals surface area (Å²) in [5.74, 6) is 1.50. The first-order valence-corrected chi connectivity index (χ1v) is 17.3. The van der Waals surface area contributed by atoms with E-state index >= 15 is 0 Å². The minimum atomic E-state index is 0. The number of rotatable bonds is 10. The Bertz CT molecular complexity index is 1240. The van der Waals surface area contributed by atoms with E-state index in [1.807, 2.05) is 18.2 Å². The van der Waals surface area contributed by atoms with Crippen LogP contribution in [0.1, 0.15) is 138 Å². The topological polar surface area (TPSA) is 60.8 Å². The van der Waals surface area contributed by atoms with Crippen LogP contribution < -0.4 is 4.98 Å². The number of aromatic amines is 1. The van der Waals surface area contributed by atoms with Crippen LogP contribution in [0.25, 0.3) is 22.0 Å². The van der Waals surface area contributed by atoms with Gasteiger partial charge in [-0.1, -0.05) is 125 Å². The Morgan fingerprint density at radius 1 is 0.532 bits per heavy atom. The van der Waals surface area contributed by atoms with E-state index in [9.17, 15) is 0 Å². The van der Waals surface area contributed by atoms with Crippen LogP contribution in [0.3, 0.4) is 0 Å². The summed E-state index contributed by atoms with van der Waals surface area (Å²) in [6.07, 6.45) is 5.11. The number of pyridine rings is 1. The molecule has 2 aliphatic heterocycles. The maximum Gasteiger partial charge on any atom is 2.00 e. The van der Waals surface area contributed by atoms with E-state index < -0.39 is 0 Å². The molecule has 0 saturated carbocycles. The molecular weight excluding hydrogens is 591 g/mol. The standard InChI is InChI=1S/C33H41N3.2C4H8O.Mg/c1-20(2)26-14-11-15-27(21(3)4)32(26)34-24(9)30-18-13-19-31(36-30)25(10)35-33-28(22(5)6)16-12-17-29(33)23(7)8;2*1-2-4-5-3-1;/h11-23H,9-10H2,1-8H3;2*1-4H2;/q-2;;;+2/p+1. The SMILES string of the molecule is C1CCOC1.C1CCOC1.C=C([N-]c1c(C(C)C)cccc1C(C)C)c1cccc(C(=C)[N-]c2c(C(C)C)cccc2C(C)C)[nH+]1.[Mg+2]. The second kappa shape index (κ2) is 20.7. The zero-order valence-electron chi connectivity index (χ0n) is 30.5. The minimum absolute atomic E-state index is 0. The molecule has 6 heteroatoms. The normalized spacial score (nSPS) is 13.9. The molecule has 2 fully saturated rings. The van der Waals surface area contributed by atoms with E-state index in [2.05, 4.69) is 110 Å². The Labute approximate surface area is 302 Å². The third-order valence-electron chi connectivity index (χ3n) is 8.25. The van der Waals surface area contributed by atoms with Gasteiger partial charge in [0.05, 0.1) is 0 Å². The van der Waals surface area contributed by atoms with Gasteiger partial charge >= 0.3 is 23.1 Å². The summed E-state index contributed by atoms with van der Waals surface area (Å²) < 4.78 is 9.89. The summed E-state index contributed by atoms with van der Waals surface area (Å²) in [6.45, 7) is 30.3. The number of para-hydroxylation sites is 2. The Balaban J connectivity index is 0.000000591. The number of hydrogen-bond donors (Lipinski definition) is 0. The molecule has 0 unspecified atom stereocenters. The van der Waals surface area contributed by atoms with Crippen molar-refractivity contribution in [1.82, 2.24) is 0 Å². The molecule has 2 aliphatic rings. The molecule has 0 aliphatic carbocycles. The third-order valence-corrected chi connectivity index (χ3v) is 8.25. The molecule has 0 spiro atoms. The largest absolute Gasteiger partial charge is 2.00 e. The van der Waals surface area contributed by atoms with E-state index in [0.717, 1.165) is 49.2 Å². The van der Waals surface area contributed by atoms with Crippen molar-refractivity contribution in [2.75, 3.05) is 26.4 Å². The van der Waals surface area contributed by atoms with E-state index in [1.165, 1.54) is 47.9 Å². The van der Waals surface area contributed by atoms with Gasteiger partial charge in [0, 0.05) is 38.6 Å². The van der Waals surface area contributed by atoms with Gasteiger partial charge in [0.2, 0.25) is 0 Å². The Morgan fingerprint density at radius 2 is 0.809 bits per heavy atom. The summed E-state index contributed by atoms with van der Waals surface area (Å²) in [4.78, 5) is 3.49. The monoisotopic (exact) mass is 648 g/mol. The second-order valence-corrected chi connectivity index (χ2v) is 13.4. The second-order valence-electron chi connectivity index (χ2n) is 13.4. The van der Waals surface area contributed by atoms with Crippen molar-refractivity contribution in [2.45, 2.75) is 105 Å². The number of H-pyrrole nitrogens is 1. The number of aromatic nitrogens is 1. The van der Waals surface area contributed by atoms with E-state index in [1.54, 1.807) is 0 Å². The van der Waals surface area contributed by atoms with Crippen LogP contribution in [0.2, 0.25) is 0 Å². The van der Waals surface area contributed by atoms with Gasteiger partial charge in [-0.3, -0.25) is 0 Å². The smallest absolute Gasteiger partial charge is 0.653 e. The molecule has 3 aromatic rings. The van der Waals surface area contributed by atoms with Crippen molar-refractivity contribution in [3.63, 3.8) is 0 Å². The van der Waals surface area contributed by atoms with Crippen LogP contribution in [0.5, 0.6) is 0 Å². The number of nitrogens with one attached hydrogen (secondary N) is 1. The predicted octanol–water partition coefficient (Wildman–Crippen LogP) is 11.6. The van der Waals surface area contributed by atoms with Crippen molar-refractivity contribution in [2.24, 2.45) is 0 Å². The summed E-state index contributed by atoms with van der Waals surface area (Å²) in [5, 5.41) is 10.1. The Morgan fingerprint density at radius 3 is 1.04 bits per heavy atom. The third kappa shape index (κ3) is 12.4. The summed E-state index contributed by atoms with van der Waals surface area (Å²) in [5.41, 5.74) is 10.1. The van der Waals surface area contributed by atoms with Crippen molar-refractivity contribution >= 4 is 45.8 Å². The molecule has 1 N–H and O–H groups in total. The van der Waals surface area contributed by atoms with Crippen LogP contribution in [0.4, 0.5) is 11.4 Å². The maximum absolute atomic E-state index is 5.04. The minimum Gasteiger partial charge on any atom is -0.653 e. The van der Waals surface area contributed by atoms with Gasteiger partial charge in [0.1, 0.15) is 0 Å². The fraction of sp³-hybridized carbons (Fsp3) is 0.488. The quantitative estimate of drug-likeness (QED) is 0.205. The van der Waals surface area contributed by atoms with Crippen LogP contribution in [-0.4, -0.2) is 49.5 Å². The summed E-state index contributed by atoms with van der Waals surface area (Å²) >= 11 is 0. The van der Waals surface area contributed by atoms with Gasteiger partial charge in [-0.25, -0.2) is 4.98 Å². The molecule has 2 aromatic carbocycles. The van der Waals surface area contributed by atoms with E-state index in [-0.39, 0.29) is 23.1 Å². The molecule has 250 valence electrons. The Kier molecular flexibility index (Phi) is 17.8. The van der Waals surface area contributed by atoms with E-state index in [4.69, 9.17) is 20.1 Å². The molecule has 0 radical (unpaired) electrons. The van der Waals surface area contributed by atoms with E-state index in [0.29, 0.717) is 35.1 Å². The molecule has 1 aromatic heterocycles. The average molecular weight is 649 g/mol. The average Bonchev–Trinajstić information content (AvgIpc) is 3.81. The Hall–Kier alpha value is -2.64. The van der Waals surface area contributed by atoms with Crippen LogP contribution >= 0.6 is 0 Å².